The minimum atomic E-state index is -0.0458. The third-order valence-electron chi connectivity index (χ3n) is 6.74. The molecular weight excluding hydrogens is 436 g/mol. The van der Waals surface area contributed by atoms with Gasteiger partial charge in [0.05, 0.1) is 22.1 Å². The SMILES string of the molecule is CC(C)N(C)CCc1c[nH]c2ccc(=O)[nH]c12.CC(C)N(CCc1c[nH]c2cccnc12)C(C)C. The Bertz CT molecular complexity index is 1240. The van der Waals surface area contributed by atoms with Gasteiger partial charge in [0.1, 0.15) is 0 Å². The van der Waals surface area contributed by atoms with E-state index in [4.69, 9.17) is 0 Å². The minimum Gasteiger partial charge on any atom is -0.360 e. The molecule has 0 unspecified atom stereocenters. The zero-order valence-electron chi connectivity index (χ0n) is 22.4. The first-order valence-corrected chi connectivity index (χ1v) is 12.7. The largest absolute Gasteiger partial charge is 0.360 e. The van der Waals surface area contributed by atoms with Crippen LogP contribution in [-0.4, -0.2) is 68.0 Å². The maximum Gasteiger partial charge on any atom is 0.248 e. The van der Waals surface area contributed by atoms with E-state index in [9.17, 15) is 4.79 Å². The van der Waals surface area contributed by atoms with Gasteiger partial charge in [-0.3, -0.25) is 14.7 Å². The monoisotopic (exact) mass is 478 g/mol. The van der Waals surface area contributed by atoms with E-state index in [0.29, 0.717) is 18.1 Å². The molecule has 4 aromatic heterocycles. The van der Waals surface area contributed by atoms with Crippen LogP contribution in [0.5, 0.6) is 0 Å². The van der Waals surface area contributed by atoms with Crippen molar-refractivity contribution in [2.45, 2.75) is 72.5 Å². The van der Waals surface area contributed by atoms with Crippen molar-refractivity contribution in [1.29, 1.82) is 0 Å². The lowest BCUT2D eigenvalue weighted by Crippen LogP contribution is -2.38. The van der Waals surface area contributed by atoms with Crippen LogP contribution >= 0.6 is 0 Å². The number of hydrogen-bond acceptors (Lipinski definition) is 4. The summed E-state index contributed by atoms with van der Waals surface area (Å²) in [7, 11) is 2.11. The number of rotatable bonds is 9. The lowest BCUT2D eigenvalue weighted by atomic mass is 10.1. The van der Waals surface area contributed by atoms with Crippen molar-refractivity contribution in [3.63, 3.8) is 0 Å². The van der Waals surface area contributed by atoms with Crippen molar-refractivity contribution in [3.05, 3.63) is 64.3 Å². The molecule has 4 heterocycles. The third-order valence-corrected chi connectivity index (χ3v) is 6.74. The summed E-state index contributed by atoms with van der Waals surface area (Å²) in [5.41, 5.74) is 6.62. The number of pyridine rings is 2. The number of aromatic nitrogens is 4. The van der Waals surface area contributed by atoms with Crippen molar-refractivity contribution in [3.8, 4) is 0 Å². The molecule has 0 aliphatic heterocycles. The molecule has 0 spiro atoms. The van der Waals surface area contributed by atoms with E-state index in [1.165, 1.54) is 11.1 Å². The first-order chi connectivity index (χ1) is 16.7. The number of H-pyrrole nitrogens is 3. The summed E-state index contributed by atoms with van der Waals surface area (Å²) in [6, 6.07) is 9.13. The van der Waals surface area contributed by atoms with E-state index in [2.05, 4.69) is 90.6 Å². The summed E-state index contributed by atoms with van der Waals surface area (Å²) in [5.74, 6) is 0. The number of nitrogens with zero attached hydrogens (tertiary/aromatic N) is 3. The molecule has 0 aliphatic rings. The average molecular weight is 479 g/mol. The van der Waals surface area contributed by atoms with Gasteiger partial charge < -0.3 is 19.9 Å². The molecule has 7 heteroatoms. The van der Waals surface area contributed by atoms with Gasteiger partial charge in [-0.2, -0.15) is 0 Å². The Morgan fingerprint density at radius 2 is 1.49 bits per heavy atom. The zero-order chi connectivity index (χ0) is 25.5. The summed E-state index contributed by atoms with van der Waals surface area (Å²) >= 11 is 0. The molecule has 4 aromatic rings. The fourth-order valence-corrected chi connectivity index (χ4v) is 4.40. The summed E-state index contributed by atoms with van der Waals surface area (Å²) in [4.78, 5) is 29.9. The molecule has 0 atom stereocenters. The maximum atomic E-state index is 11.3. The topological polar surface area (TPSA) is 83.8 Å². The van der Waals surface area contributed by atoms with Crippen molar-refractivity contribution >= 4 is 22.1 Å². The fraction of sp³-hybridized carbons (Fsp3) is 0.500. The van der Waals surface area contributed by atoms with Crippen molar-refractivity contribution < 1.29 is 0 Å². The van der Waals surface area contributed by atoms with Crippen LogP contribution in [0.25, 0.3) is 22.1 Å². The number of fused-ring (bicyclic) bond motifs is 2. The van der Waals surface area contributed by atoms with Crippen LogP contribution in [0, 0.1) is 0 Å². The van der Waals surface area contributed by atoms with E-state index in [1.807, 2.05) is 24.5 Å². The van der Waals surface area contributed by atoms with Gasteiger partial charge in [0.15, 0.2) is 0 Å². The Labute approximate surface area is 209 Å². The molecule has 0 fully saturated rings. The van der Waals surface area contributed by atoms with Gasteiger partial charge in [-0.05, 0) is 90.8 Å². The average Bonchev–Trinajstić information content (AvgIpc) is 3.41. The zero-order valence-corrected chi connectivity index (χ0v) is 22.4. The van der Waals surface area contributed by atoms with Crippen molar-refractivity contribution in [2.24, 2.45) is 0 Å². The molecule has 4 rings (SSSR count). The number of hydrogen-bond donors (Lipinski definition) is 3. The van der Waals surface area contributed by atoms with Crippen LogP contribution in [0.3, 0.4) is 0 Å². The molecule has 0 aromatic carbocycles. The maximum absolute atomic E-state index is 11.3. The van der Waals surface area contributed by atoms with E-state index in [1.54, 1.807) is 6.07 Å². The molecule has 0 amide bonds. The molecule has 0 saturated heterocycles. The molecule has 0 bridgehead atoms. The second-order valence-electron chi connectivity index (χ2n) is 10.1. The summed E-state index contributed by atoms with van der Waals surface area (Å²) in [5, 5.41) is 0. The Hall–Kier alpha value is -2.90. The highest BCUT2D eigenvalue weighted by Crippen LogP contribution is 2.17. The predicted molar refractivity (Wildman–Crippen MR) is 147 cm³/mol. The van der Waals surface area contributed by atoms with Crippen LogP contribution < -0.4 is 5.56 Å². The summed E-state index contributed by atoms with van der Waals surface area (Å²) < 4.78 is 0. The van der Waals surface area contributed by atoms with E-state index < -0.39 is 0 Å². The minimum absolute atomic E-state index is 0.0458. The van der Waals surface area contributed by atoms with Crippen LogP contribution in [0.4, 0.5) is 0 Å². The number of nitrogens with one attached hydrogen (secondary N) is 3. The molecule has 35 heavy (non-hydrogen) atoms. The fourth-order valence-electron chi connectivity index (χ4n) is 4.40. The standard InChI is InChI=1S/C15H23N3.C13H19N3O/c1-11(2)18(12(3)4)9-7-13-10-17-14-6-5-8-16-15(13)14;1-9(2)16(3)7-6-10-8-14-11-4-5-12(17)15-13(10)11/h5-6,8,10-12,17H,7,9H2,1-4H3;4-5,8-9,14H,6-7H2,1-3H3,(H,15,17). The van der Waals surface area contributed by atoms with E-state index in [-0.39, 0.29) is 5.56 Å². The van der Waals surface area contributed by atoms with Crippen LogP contribution in [0.2, 0.25) is 0 Å². The first kappa shape index (κ1) is 26.7. The molecule has 190 valence electrons. The highest BCUT2D eigenvalue weighted by Gasteiger charge is 2.14. The molecular formula is C28H42N6O. The van der Waals surface area contributed by atoms with Crippen LogP contribution in [-0.2, 0) is 12.8 Å². The molecule has 7 nitrogen and oxygen atoms in total. The van der Waals surface area contributed by atoms with E-state index >= 15 is 0 Å². The van der Waals surface area contributed by atoms with Gasteiger partial charge in [-0.15, -0.1) is 0 Å². The molecule has 3 N–H and O–H groups in total. The number of likely N-dealkylation sites (N-methyl/N-ethyl adjacent to an activating group) is 1. The van der Waals surface area contributed by atoms with E-state index in [0.717, 1.165) is 48.0 Å². The van der Waals surface area contributed by atoms with Gasteiger partial charge >= 0.3 is 0 Å². The molecule has 0 radical (unpaired) electrons. The third kappa shape index (κ3) is 7.05. The second-order valence-corrected chi connectivity index (χ2v) is 10.1. The van der Waals surface area contributed by atoms with Gasteiger partial charge in [-0.25, -0.2) is 0 Å². The number of aromatic amines is 3. The van der Waals surface area contributed by atoms with Gasteiger partial charge in [0.25, 0.3) is 0 Å². The van der Waals surface area contributed by atoms with Crippen molar-refractivity contribution in [1.82, 2.24) is 29.7 Å². The smallest absolute Gasteiger partial charge is 0.248 e. The first-order valence-electron chi connectivity index (χ1n) is 12.7. The molecule has 0 aliphatic carbocycles. The van der Waals surface area contributed by atoms with Crippen LogP contribution in [0.15, 0.2) is 47.7 Å². The summed E-state index contributed by atoms with van der Waals surface area (Å²) in [6.45, 7) is 15.5. The molecule has 0 saturated carbocycles. The quantitative estimate of drug-likeness (QED) is 0.317. The normalized spacial score (nSPS) is 12.0. The Morgan fingerprint density at radius 1 is 0.829 bits per heavy atom. The highest BCUT2D eigenvalue weighted by molar-refractivity contribution is 5.79. The van der Waals surface area contributed by atoms with Crippen LogP contribution in [0.1, 0.15) is 52.7 Å². The second kappa shape index (κ2) is 12.2. The Morgan fingerprint density at radius 3 is 2.17 bits per heavy atom. The van der Waals surface area contributed by atoms with Gasteiger partial charge in [0.2, 0.25) is 5.56 Å². The Balaban J connectivity index is 0.000000196. The lowest BCUT2D eigenvalue weighted by molar-refractivity contribution is 0.177. The summed E-state index contributed by atoms with van der Waals surface area (Å²) in [6.07, 6.45) is 7.93. The predicted octanol–water partition coefficient (Wildman–Crippen LogP) is 4.96. The lowest BCUT2D eigenvalue weighted by Gasteiger charge is -2.30. The Kier molecular flexibility index (Phi) is 9.29. The van der Waals surface area contributed by atoms with Gasteiger partial charge in [0, 0.05) is 55.9 Å². The van der Waals surface area contributed by atoms with Crippen molar-refractivity contribution in [2.75, 3.05) is 20.1 Å². The van der Waals surface area contributed by atoms with Gasteiger partial charge in [-0.1, -0.05) is 0 Å². The highest BCUT2D eigenvalue weighted by atomic mass is 16.1.